The summed E-state index contributed by atoms with van der Waals surface area (Å²) >= 11 is 0. The van der Waals surface area contributed by atoms with E-state index < -0.39 is 0 Å². The second-order valence-electron chi connectivity index (χ2n) is 20.7. The van der Waals surface area contributed by atoms with Crippen LogP contribution in [0.1, 0.15) is 0 Å². The Hall–Kier alpha value is -9.85. The molecule has 0 fully saturated rings. The number of rotatable bonds is 3. The van der Waals surface area contributed by atoms with Crippen molar-refractivity contribution < 1.29 is 13.9 Å². The maximum Gasteiger partial charge on any atom is 0.256 e. The molecule has 0 bridgehead atoms. The van der Waals surface area contributed by atoms with Crippen LogP contribution < -0.4 is 52.1 Å². The van der Waals surface area contributed by atoms with Gasteiger partial charge >= 0.3 is 0 Å². The summed E-state index contributed by atoms with van der Waals surface area (Å²) in [5.74, 6) is 3.26. The zero-order valence-electron chi connectivity index (χ0n) is 40.0. The Morgan fingerprint density at radius 1 is 0.307 bits per heavy atom. The normalized spacial score (nSPS) is 14.0. The molecule has 0 amide bonds. The number of anilines is 6. The number of fused-ring (bicyclic) bond motifs is 16. The quantitative estimate of drug-likeness (QED) is 0.165. The van der Waals surface area contributed by atoms with Crippen LogP contribution in [0.25, 0.3) is 76.9 Å². The van der Waals surface area contributed by atoms with Gasteiger partial charge in [0, 0.05) is 67.9 Å². The molecule has 0 radical (unpaired) electrons. The first-order valence-electron chi connectivity index (χ1n) is 25.8. The first kappa shape index (κ1) is 38.8. The van der Waals surface area contributed by atoms with E-state index in [1.54, 1.807) is 0 Å². The van der Waals surface area contributed by atoms with E-state index in [1.807, 2.05) is 0 Å². The van der Waals surface area contributed by atoms with Crippen molar-refractivity contribution in [1.82, 2.24) is 9.13 Å². The number of hydrogen-bond donors (Lipinski definition) is 0. The van der Waals surface area contributed by atoms with Gasteiger partial charge in [0.05, 0.1) is 50.2 Å². The van der Waals surface area contributed by atoms with Crippen molar-refractivity contribution >= 4 is 146 Å². The maximum absolute atomic E-state index is 7.44. The summed E-state index contributed by atoms with van der Waals surface area (Å²) in [7, 11) is 0. The second kappa shape index (κ2) is 13.6. The summed E-state index contributed by atoms with van der Waals surface area (Å²) in [6.07, 6.45) is 0. The van der Waals surface area contributed by atoms with Crippen LogP contribution in [-0.2, 0) is 0 Å². The average molecular weight is 955 g/mol. The summed E-state index contributed by atoms with van der Waals surface area (Å²) in [4.78, 5) is 5.10. The molecule has 0 saturated carbocycles. The topological polar surface area (TPSA) is 47.9 Å². The van der Waals surface area contributed by atoms with Gasteiger partial charge in [0.1, 0.15) is 34.2 Å². The lowest BCUT2D eigenvalue weighted by atomic mass is 9.29. The number of hydrogen-bond acceptors (Lipinski definition) is 5. The third-order valence-corrected chi connectivity index (χ3v) is 17.1. The highest BCUT2D eigenvalue weighted by molar-refractivity contribution is 7.04. The molecule has 3 aromatic heterocycles. The van der Waals surface area contributed by atoms with Crippen molar-refractivity contribution in [1.29, 1.82) is 0 Å². The van der Waals surface area contributed by atoms with Gasteiger partial charge in [-0.15, -0.1) is 0 Å². The highest BCUT2D eigenvalue weighted by Gasteiger charge is 2.54. The Morgan fingerprint density at radius 2 is 0.827 bits per heavy atom. The molecule has 14 aromatic rings. The third kappa shape index (κ3) is 4.72. The highest BCUT2D eigenvalue weighted by atomic mass is 16.5. The van der Waals surface area contributed by atoms with Gasteiger partial charge in [0.2, 0.25) is 0 Å². The SMILES string of the molecule is c1ccc(N2c3cccc4c3N3c5c6c(cc7c5B(c5ccc(-n8c9ccccc9c9ccccc98)cc5O7)c5cc7oc8ccccc8c7c2c53)Oc2cc(-n3c5ccccc5c5ccccc53)ccc2B46)cc1. The summed E-state index contributed by atoms with van der Waals surface area (Å²) in [6.45, 7) is -0.343. The molecule has 0 atom stereocenters. The lowest BCUT2D eigenvalue weighted by Gasteiger charge is -2.51. The van der Waals surface area contributed by atoms with E-state index in [4.69, 9.17) is 13.9 Å². The zero-order chi connectivity index (χ0) is 48.4. The molecule has 0 saturated heterocycles. The minimum atomic E-state index is -0.206. The van der Waals surface area contributed by atoms with Crippen molar-refractivity contribution in [3.8, 4) is 34.4 Å². The fourth-order valence-corrected chi connectivity index (χ4v) is 14.2. The number of furan rings is 1. The predicted molar refractivity (Wildman–Crippen MR) is 308 cm³/mol. The minimum Gasteiger partial charge on any atom is -0.458 e. The van der Waals surface area contributed by atoms with Crippen LogP contribution in [0.15, 0.2) is 223 Å². The van der Waals surface area contributed by atoms with E-state index in [-0.39, 0.29) is 13.4 Å². The van der Waals surface area contributed by atoms with Crippen molar-refractivity contribution in [2.45, 2.75) is 0 Å². The standard InChI is InChI=1S/C66H36B2N4O3/c1-2-15-37(16-3-1)71-53-27-14-22-47-63(53)72-64-48(35-57-60(65(64)71)44-21-8-13-28-54(44)73-57)68-46-32-30-39(70-51-25-11-6-19-42(51)43-20-7-12-26-52(43)70)34-56(46)75-59-36-58-61(66(72)62(59)68)67(47)45-31-29-38(33-55(45)74-58)69-49-23-9-4-17-40(49)41-18-5-10-24-50(41)69/h1-36H. The molecule has 0 spiro atoms. The number of aromatic nitrogens is 2. The van der Waals surface area contributed by atoms with E-state index in [0.29, 0.717) is 0 Å². The Labute approximate surface area is 429 Å². The van der Waals surface area contributed by atoms with Gasteiger partial charge in [0.15, 0.2) is 0 Å². The molecule has 9 heteroatoms. The molecule has 11 aromatic carbocycles. The van der Waals surface area contributed by atoms with E-state index in [1.165, 1.54) is 38.2 Å². The van der Waals surface area contributed by atoms with Crippen LogP contribution in [0.4, 0.5) is 34.1 Å². The van der Waals surface area contributed by atoms with Crippen LogP contribution >= 0.6 is 0 Å². The van der Waals surface area contributed by atoms with E-state index in [2.05, 4.69) is 237 Å². The second-order valence-corrected chi connectivity index (χ2v) is 20.7. The first-order chi connectivity index (χ1) is 37.2. The number of nitrogens with zero attached hydrogens (tertiary/aromatic N) is 4. The lowest BCUT2D eigenvalue weighted by Crippen LogP contribution is -2.67. The molecule has 0 unspecified atom stereocenters. The fourth-order valence-electron chi connectivity index (χ4n) is 14.2. The van der Waals surface area contributed by atoms with Crippen molar-refractivity contribution in [3.05, 3.63) is 218 Å². The molecule has 5 aliphatic rings. The molecule has 7 nitrogen and oxygen atoms in total. The van der Waals surface area contributed by atoms with Gasteiger partial charge in [-0.2, -0.15) is 0 Å². The Kier molecular flexibility index (Phi) is 7.03. The van der Waals surface area contributed by atoms with Gasteiger partial charge in [-0.05, 0) is 99.5 Å². The molecular weight excluding hydrogens is 918 g/mol. The smallest absolute Gasteiger partial charge is 0.256 e. The molecule has 19 rings (SSSR count). The zero-order valence-corrected chi connectivity index (χ0v) is 40.0. The lowest BCUT2D eigenvalue weighted by molar-refractivity contribution is 0.465. The number of ether oxygens (including phenoxy) is 2. The van der Waals surface area contributed by atoms with E-state index >= 15 is 0 Å². The molecular formula is C66H36B2N4O3. The average Bonchev–Trinajstić information content (AvgIpc) is 4.13. The third-order valence-electron chi connectivity index (χ3n) is 17.1. The van der Waals surface area contributed by atoms with Crippen molar-refractivity contribution in [2.24, 2.45) is 0 Å². The monoisotopic (exact) mass is 954 g/mol. The minimum absolute atomic E-state index is 0.138. The van der Waals surface area contributed by atoms with Crippen molar-refractivity contribution in [3.63, 3.8) is 0 Å². The Morgan fingerprint density at radius 3 is 1.41 bits per heavy atom. The van der Waals surface area contributed by atoms with Gasteiger partial charge in [-0.3, -0.25) is 0 Å². The molecule has 0 aliphatic carbocycles. The number of benzene rings is 11. The van der Waals surface area contributed by atoms with Crippen LogP contribution in [-0.4, -0.2) is 22.6 Å². The predicted octanol–water partition coefficient (Wildman–Crippen LogP) is 12.9. The van der Waals surface area contributed by atoms with E-state index in [9.17, 15) is 0 Å². The fraction of sp³-hybridized carbons (Fsp3) is 0. The van der Waals surface area contributed by atoms with Crippen LogP contribution in [0.5, 0.6) is 23.0 Å². The molecule has 8 heterocycles. The largest absolute Gasteiger partial charge is 0.458 e. The van der Waals surface area contributed by atoms with Gasteiger partial charge in [0.25, 0.3) is 13.4 Å². The summed E-state index contributed by atoms with van der Waals surface area (Å²) in [5, 5.41) is 7.06. The van der Waals surface area contributed by atoms with Gasteiger partial charge in [-0.1, -0.05) is 133 Å². The van der Waals surface area contributed by atoms with Crippen LogP contribution in [0.2, 0.25) is 0 Å². The number of para-hydroxylation sites is 7. The molecule has 0 N–H and O–H groups in total. The molecule has 75 heavy (non-hydrogen) atoms. The first-order valence-corrected chi connectivity index (χ1v) is 25.8. The highest BCUT2D eigenvalue weighted by Crippen LogP contribution is 2.60. The van der Waals surface area contributed by atoms with E-state index in [0.717, 1.165) is 129 Å². The summed E-state index contributed by atoms with van der Waals surface area (Å²) in [5.41, 5.74) is 22.2. The van der Waals surface area contributed by atoms with Gasteiger partial charge in [-0.25, -0.2) is 0 Å². The Balaban J connectivity index is 0.919. The maximum atomic E-state index is 7.44. The molecule has 5 aliphatic heterocycles. The van der Waals surface area contributed by atoms with Crippen molar-refractivity contribution in [2.75, 3.05) is 9.80 Å². The Bertz CT molecular complexity index is 4850. The van der Waals surface area contributed by atoms with Crippen LogP contribution in [0, 0.1) is 0 Å². The summed E-state index contributed by atoms with van der Waals surface area (Å²) in [6, 6.07) is 79.3. The van der Waals surface area contributed by atoms with Gasteiger partial charge < -0.3 is 32.8 Å². The van der Waals surface area contributed by atoms with Crippen LogP contribution in [0.3, 0.4) is 0 Å². The summed E-state index contributed by atoms with van der Waals surface area (Å²) < 4.78 is 26.6. The molecule has 344 valence electrons.